The minimum absolute atomic E-state index is 0.517. The van der Waals surface area contributed by atoms with Crippen LogP contribution in [0, 0.1) is 5.92 Å². The number of aryl methyl sites for hydroxylation is 1. The van der Waals surface area contributed by atoms with Gasteiger partial charge in [-0.1, -0.05) is 18.5 Å². The molecule has 0 amide bonds. The van der Waals surface area contributed by atoms with Gasteiger partial charge in [-0.2, -0.15) is 5.10 Å². The maximum atomic E-state index is 5.75. The van der Waals surface area contributed by atoms with Crippen LogP contribution in [0.5, 0.6) is 0 Å². The standard InChI is InChI=1S/C9H11ClN2/c1-6-2-3-8-7(4-6)5-9(10)12-11-8/h5-6H,2-4H2,1H3/t6-/m1/s1. The highest BCUT2D eigenvalue weighted by atomic mass is 35.5. The molecule has 0 saturated heterocycles. The van der Waals surface area contributed by atoms with E-state index in [1.165, 1.54) is 12.0 Å². The Kier molecular flexibility index (Phi) is 2.01. The fourth-order valence-corrected chi connectivity index (χ4v) is 1.85. The second-order valence-electron chi connectivity index (χ2n) is 3.49. The van der Waals surface area contributed by atoms with E-state index in [4.69, 9.17) is 11.6 Å². The average molecular weight is 183 g/mol. The van der Waals surface area contributed by atoms with E-state index in [1.54, 1.807) is 0 Å². The van der Waals surface area contributed by atoms with Gasteiger partial charge in [-0.15, -0.1) is 5.10 Å². The predicted octanol–water partition coefficient (Wildman–Crippen LogP) is 2.25. The molecule has 0 fully saturated rings. The molecule has 64 valence electrons. The molecule has 1 aliphatic rings. The fourth-order valence-electron chi connectivity index (χ4n) is 1.68. The molecule has 0 N–H and O–H groups in total. The van der Waals surface area contributed by atoms with Crippen molar-refractivity contribution in [3.05, 3.63) is 22.5 Å². The fraction of sp³-hybridized carbons (Fsp3) is 0.556. The molecule has 0 saturated carbocycles. The van der Waals surface area contributed by atoms with Crippen LogP contribution in [0.4, 0.5) is 0 Å². The van der Waals surface area contributed by atoms with Crippen LogP contribution in [-0.2, 0) is 12.8 Å². The van der Waals surface area contributed by atoms with Gasteiger partial charge in [0.2, 0.25) is 0 Å². The third-order valence-corrected chi connectivity index (χ3v) is 2.56. The molecule has 0 aromatic carbocycles. The molecule has 2 nitrogen and oxygen atoms in total. The van der Waals surface area contributed by atoms with Gasteiger partial charge in [0.05, 0.1) is 5.69 Å². The summed E-state index contributed by atoms with van der Waals surface area (Å²) in [7, 11) is 0. The summed E-state index contributed by atoms with van der Waals surface area (Å²) < 4.78 is 0. The summed E-state index contributed by atoms with van der Waals surface area (Å²) >= 11 is 5.75. The maximum absolute atomic E-state index is 5.75. The van der Waals surface area contributed by atoms with Crippen LogP contribution in [0.2, 0.25) is 5.15 Å². The van der Waals surface area contributed by atoms with Gasteiger partial charge in [-0.25, -0.2) is 0 Å². The third-order valence-electron chi connectivity index (χ3n) is 2.37. The first-order valence-electron chi connectivity index (χ1n) is 4.26. The second-order valence-corrected chi connectivity index (χ2v) is 3.87. The van der Waals surface area contributed by atoms with Crippen LogP contribution < -0.4 is 0 Å². The normalized spacial score (nSPS) is 22.0. The van der Waals surface area contributed by atoms with E-state index in [0.717, 1.165) is 24.5 Å². The highest BCUT2D eigenvalue weighted by molar-refractivity contribution is 6.29. The lowest BCUT2D eigenvalue weighted by Gasteiger charge is -2.19. The molecule has 0 bridgehead atoms. The molecule has 1 heterocycles. The largest absolute Gasteiger partial charge is 0.154 e. The summed E-state index contributed by atoms with van der Waals surface area (Å²) in [6.45, 7) is 2.26. The van der Waals surface area contributed by atoms with Crippen molar-refractivity contribution in [2.24, 2.45) is 5.92 Å². The quantitative estimate of drug-likeness (QED) is 0.615. The van der Waals surface area contributed by atoms with Crippen molar-refractivity contribution < 1.29 is 0 Å². The highest BCUT2D eigenvalue weighted by Gasteiger charge is 2.16. The molecule has 0 spiro atoms. The van der Waals surface area contributed by atoms with Crippen molar-refractivity contribution in [2.45, 2.75) is 26.2 Å². The molecule has 0 radical (unpaired) electrons. The molecule has 1 aromatic rings. The van der Waals surface area contributed by atoms with E-state index in [9.17, 15) is 0 Å². The summed E-state index contributed by atoms with van der Waals surface area (Å²) in [5, 5.41) is 8.42. The van der Waals surface area contributed by atoms with Crippen molar-refractivity contribution in [1.82, 2.24) is 10.2 Å². The van der Waals surface area contributed by atoms with Gasteiger partial charge in [0, 0.05) is 0 Å². The number of hydrogen-bond donors (Lipinski definition) is 0. The van der Waals surface area contributed by atoms with Crippen LogP contribution in [0.3, 0.4) is 0 Å². The molecular formula is C9H11ClN2. The molecule has 12 heavy (non-hydrogen) atoms. The lowest BCUT2D eigenvalue weighted by Crippen LogP contribution is -2.13. The lowest BCUT2D eigenvalue weighted by atomic mass is 9.88. The predicted molar refractivity (Wildman–Crippen MR) is 48.2 cm³/mol. The number of rotatable bonds is 0. The summed E-state index contributed by atoms with van der Waals surface area (Å²) in [4.78, 5) is 0. The zero-order valence-corrected chi connectivity index (χ0v) is 7.80. The first-order valence-corrected chi connectivity index (χ1v) is 4.64. The first-order chi connectivity index (χ1) is 5.75. The van der Waals surface area contributed by atoms with Crippen LogP contribution >= 0.6 is 11.6 Å². The molecule has 1 aromatic heterocycles. The van der Waals surface area contributed by atoms with E-state index in [1.807, 2.05) is 6.07 Å². The summed E-state index contributed by atoms with van der Waals surface area (Å²) in [6.07, 6.45) is 3.38. The first kappa shape index (κ1) is 7.99. The SMILES string of the molecule is C[C@@H]1CCc2nnc(Cl)cc2C1. The molecule has 1 aliphatic carbocycles. The Bertz CT molecular complexity index is 299. The summed E-state index contributed by atoms with van der Waals surface area (Å²) in [5.41, 5.74) is 2.42. The van der Waals surface area contributed by atoms with E-state index < -0.39 is 0 Å². The van der Waals surface area contributed by atoms with Crippen molar-refractivity contribution in [3.63, 3.8) is 0 Å². The molecule has 1 atom stereocenters. The van der Waals surface area contributed by atoms with Gasteiger partial charge in [0.25, 0.3) is 0 Å². The number of nitrogens with zero attached hydrogens (tertiary/aromatic N) is 2. The Morgan fingerprint density at radius 3 is 3.17 bits per heavy atom. The molecule has 3 heteroatoms. The van der Waals surface area contributed by atoms with Gasteiger partial charge >= 0.3 is 0 Å². The van der Waals surface area contributed by atoms with E-state index in [2.05, 4.69) is 17.1 Å². The monoisotopic (exact) mass is 182 g/mol. The Hall–Kier alpha value is -0.630. The van der Waals surface area contributed by atoms with Gasteiger partial charge in [-0.05, 0) is 36.8 Å². The zero-order valence-electron chi connectivity index (χ0n) is 7.05. The third kappa shape index (κ3) is 1.44. The molecular weight excluding hydrogens is 172 g/mol. The van der Waals surface area contributed by atoms with Gasteiger partial charge in [0.15, 0.2) is 5.15 Å². The lowest BCUT2D eigenvalue weighted by molar-refractivity contribution is 0.490. The zero-order chi connectivity index (χ0) is 8.55. The van der Waals surface area contributed by atoms with Crippen LogP contribution in [-0.4, -0.2) is 10.2 Å². The molecule has 0 aliphatic heterocycles. The topological polar surface area (TPSA) is 25.8 Å². The second kappa shape index (κ2) is 3.02. The number of hydrogen-bond acceptors (Lipinski definition) is 2. The van der Waals surface area contributed by atoms with E-state index in [0.29, 0.717) is 5.15 Å². The van der Waals surface area contributed by atoms with Crippen molar-refractivity contribution >= 4 is 11.6 Å². The van der Waals surface area contributed by atoms with Crippen molar-refractivity contribution in [3.8, 4) is 0 Å². The minimum atomic E-state index is 0.517. The number of aromatic nitrogens is 2. The van der Waals surface area contributed by atoms with E-state index >= 15 is 0 Å². The summed E-state index contributed by atoms with van der Waals surface area (Å²) in [6, 6.07) is 1.94. The van der Waals surface area contributed by atoms with Crippen LogP contribution in [0.1, 0.15) is 24.6 Å². The average Bonchev–Trinajstić information content (AvgIpc) is 2.03. The molecule has 2 rings (SSSR count). The Balaban J connectivity index is 2.37. The van der Waals surface area contributed by atoms with Crippen molar-refractivity contribution in [1.29, 1.82) is 0 Å². The van der Waals surface area contributed by atoms with Crippen LogP contribution in [0.25, 0.3) is 0 Å². The molecule has 0 unspecified atom stereocenters. The smallest absolute Gasteiger partial charge is 0.152 e. The van der Waals surface area contributed by atoms with Crippen molar-refractivity contribution in [2.75, 3.05) is 0 Å². The van der Waals surface area contributed by atoms with E-state index in [-0.39, 0.29) is 0 Å². The Morgan fingerprint density at radius 1 is 1.50 bits per heavy atom. The Morgan fingerprint density at radius 2 is 2.33 bits per heavy atom. The van der Waals surface area contributed by atoms with Gasteiger partial charge < -0.3 is 0 Å². The minimum Gasteiger partial charge on any atom is -0.154 e. The maximum Gasteiger partial charge on any atom is 0.152 e. The van der Waals surface area contributed by atoms with Gasteiger partial charge in [0.1, 0.15) is 0 Å². The Labute approximate surface area is 77.0 Å². The number of halogens is 1. The highest BCUT2D eigenvalue weighted by Crippen LogP contribution is 2.24. The van der Waals surface area contributed by atoms with Gasteiger partial charge in [-0.3, -0.25) is 0 Å². The van der Waals surface area contributed by atoms with Crippen LogP contribution in [0.15, 0.2) is 6.07 Å². The number of fused-ring (bicyclic) bond motifs is 1. The summed E-state index contributed by atoms with van der Waals surface area (Å²) in [5.74, 6) is 0.762.